The molecule has 0 aliphatic rings. The van der Waals surface area contributed by atoms with Gasteiger partial charge in [-0.05, 0) is 61.2 Å². The molecule has 3 rings (SSSR count). The van der Waals surface area contributed by atoms with E-state index in [4.69, 9.17) is 33.0 Å². The van der Waals surface area contributed by atoms with E-state index in [1.54, 1.807) is 24.4 Å². The topological polar surface area (TPSA) is 83.5 Å². The number of carboxylic acids is 1. The number of aryl methyl sites for hydroxylation is 1. The molecular formula is C21H20Cl2FN3O3S2. The largest absolute Gasteiger partial charge is 0.481 e. The van der Waals surface area contributed by atoms with Crippen molar-refractivity contribution in [3.05, 3.63) is 63.3 Å². The van der Waals surface area contributed by atoms with E-state index in [1.807, 2.05) is 5.38 Å². The SMILES string of the molecule is O=C(O)CCNCCCc1cc(Cl)ccc1Oc1cc(F)c(SNc2nccs2)cc1Cl. The summed E-state index contributed by atoms with van der Waals surface area (Å²) in [5.41, 5.74) is 0.845. The lowest BCUT2D eigenvalue weighted by Crippen LogP contribution is -2.19. The van der Waals surface area contributed by atoms with Crippen LogP contribution in [0.3, 0.4) is 0 Å². The summed E-state index contributed by atoms with van der Waals surface area (Å²) < 4.78 is 23.5. The maximum atomic E-state index is 14.6. The number of benzene rings is 2. The van der Waals surface area contributed by atoms with Gasteiger partial charge in [0, 0.05) is 29.2 Å². The van der Waals surface area contributed by atoms with Crippen LogP contribution in [0.15, 0.2) is 46.8 Å². The van der Waals surface area contributed by atoms with E-state index in [-0.39, 0.29) is 17.2 Å². The Bertz CT molecular complexity index is 1060. The van der Waals surface area contributed by atoms with Crippen molar-refractivity contribution in [1.82, 2.24) is 10.3 Å². The maximum Gasteiger partial charge on any atom is 0.304 e. The van der Waals surface area contributed by atoms with Crippen LogP contribution in [0.2, 0.25) is 10.0 Å². The minimum atomic E-state index is -0.837. The first-order valence-corrected chi connectivity index (χ1v) is 12.1. The minimum absolute atomic E-state index is 0.0726. The van der Waals surface area contributed by atoms with Gasteiger partial charge < -0.3 is 19.9 Å². The number of ether oxygens (including phenoxy) is 1. The van der Waals surface area contributed by atoms with Gasteiger partial charge in [0.15, 0.2) is 5.13 Å². The van der Waals surface area contributed by atoms with E-state index in [9.17, 15) is 9.18 Å². The third kappa shape index (κ3) is 7.53. The van der Waals surface area contributed by atoms with E-state index in [0.717, 1.165) is 23.9 Å². The highest BCUT2D eigenvalue weighted by Crippen LogP contribution is 2.37. The molecule has 0 saturated carbocycles. The number of carboxylic acid groups (broad SMARTS) is 1. The third-order valence-electron chi connectivity index (χ3n) is 4.22. The molecule has 11 heteroatoms. The molecule has 170 valence electrons. The highest BCUT2D eigenvalue weighted by molar-refractivity contribution is 8.00. The van der Waals surface area contributed by atoms with E-state index < -0.39 is 11.8 Å². The average molecular weight is 516 g/mol. The van der Waals surface area contributed by atoms with Crippen molar-refractivity contribution in [1.29, 1.82) is 0 Å². The summed E-state index contributed by atoms with van der Waals surface area (Å²) in [5.74, 6) is -0.583. The number of hydrogen-bond donors (Lipinski definition) is 3. The quantitative estimate of drug-likeness (QED) is 0.187. The first-order valence-electron chi connectivity index (χ1n) is 9.62. The molecule has 0 unspecified atom stereocenters. The normalized spacial score (nSPS) is 10.8. The fourth-order valence-electron chi connectivity index (χ4n) is 2.72. The predicted molar refractivity (Wildman–Crippen MR) is 128 cm³/mol. The van der Waals surface area contributed by atoms with E-state index in [0.29, 0.717) is 40.3 Å². The Morgan fingerprint density at radius 3 is 2.81 bits per heavy atom. The van der Waals surface area contributed by atoms with Gasteiger partial charge in [-0.3, -0.25) is 4.79 Å². The number of halogens is 3. The standard InChI is InChI=1S/C21H20Cl2FN3O3S2/c22-14-3-4-17(13(10-14)2-1-6-25-7-5-20(28)29)30-18-12-16(24)19(11-15(18)23)32-27-21-26-8-9-31-21/h3-4,8-12,25H,1-2,5-7H2,(H,26,27)(H,28,29). The molecule has 0 bridgehead atoms. The van der Waals surface area contributed by atoms with Crippen LogP contribution in [0.5, 0.6) is 11.5 Å². The van der Waals surface area contributed by atoms with Gasteiger partial charge in [0.1, 0.15) is 17.3 Å². The third-order valence-corrected chi connectivity index (χ3v) is 6.40. The molecule has 1 heterocycles. The van der Waals surface area contributed by atoms with Gasteiger partial charge in [-0.2, -0.15) is 0 Å². The lowest BCUT2D eigenvalue weighted by Gasteiger charge is -2.14. The zero-order valence-electron chi connectivity index (χ0n) is 16.7. The second kappa shape index (κ2) is 12.3. The Balaban J connectivity index is 1.64. The smallest absolute Gasteiger partial charge is 0.304 e. The van der Waals surface area contributed by atoms with E-state index in [1.165, 1.54) is 23.5 Å². The van der Waals surface area contributed by atoms with Crippen LogP contribution < -0.4 is 14.8 Å². The van der Waals surface area contributed by atoms with Crippen molar-refractivity contribution >= 4 is 57.6 Å². The monoisotopic (exact) mass is 515 g/mol. The van der Waals surface area contributed by atoms with Crippen molar-refractivity contribution in [3.63, 3.8) is 0 Å². The maximum absolute atomic E-state index is 14.6. The molecule has 0 saturated heterocycles. The molecule has 0 amide bonds. The Kier molecular flexibility index (Phi) is 9.43. The molecule has 0 spiro atoms. The van der Waals surface area contributed by atoms with Gasteiger partial charge in [-0.1, -0.05) is 23.2 Å². The number of carbonyl (C=O) groups is 1. The molecule has 3 N–H and O–H groups in total. The summed E-state index contributed by atoms with van der Waals surface area (Å²) in [4.78, 5) is 15.0. The number of thiazole rings is 1. The molecule has 1 aromatic heterocycles. The number of nitrogens with one attached hydrogen (secondary N) is 2. The van der Waals surface area contributed by atoms with Crippen molar-refractivity contribution in [3.8, 4) is 11.5 Å². The van der Waals surface area contributed by atoms with Crippen LogP contribution in [-0.2, 0) is 11.2 Å². The number of aromatic nitrogens is 1. The molecule has 0 aliphatic carbocycles. The zero-order chi connectivity index (χ0) is 22.9. The number of nitrogens with zero attached hydrogens (tertiary/aromatic N) is 1. The van der Waals surface area contributed by atoms with Gasteiger partial charge in [0.2, 0.25) is 0 Å². The van der Waals surface area contributed by atoms with Gasteiger partial charge >= 0.3 is 5.97 Å². The Morgan fingerprint density at radius 2 is 2.06 bits per heavy atom. The fraction of sp³-hybridized carbons (Fsp3) is 0.238. The molecule has 2 aromatic carbocycles. The Hall–Kier alpha value is -2.04. The molecule has 0 radical (unpaired) electrons. The van der Waals surface area contributed by atoms with E-state index >= 15 is 0 Å². The van der Waals surface area contributed by atoms with Crippen LogP contribution in [0.25, 0.3) is 0 Å². The summed E-state index contributed by atoms with van der Waals surface area (Å²) in [7, 11) is 0. The summed E-state index contributed by atoms with van der Waals surface area (Å²) in [5, 5.41) is 15.1. The minimum Gasteiger partial charge on any atom is -0.481 e. The lowest BCUT2D eigenvalue weighted by atomic mass is 10.1. The lowest BCUT2D eigenvalue weighted by molar-refractivity contribution is -0.136. The van der Waals surface area contributed by atoms with Crippen LogP contribution in [0.4, 0.5) is 9.52 Å². The highest BCUT2D eigenvalue weighted by atomic mass is 35.5. The van der Waals surface area contributed by atoms with Crippen LogP contribution in [0.1, 0.15) is 18.4 Å². The zero-order valence-corrected chi connectivity index (χ0v) is 19.9. The van der Waals surface area contributed by atoms with Crippen molar-refractivity contribution in [2.24, 2.45) is 0 Å². The van der Waals surface area contributed by atoms with E-state index in [2.05, 4.69) is 15.0 Å². The fourth-order valence-corrected chi connectivity index (χ4v) is 4.46. The first kappa shape index (κ1) is 24.6. The molecule has 0 fully saturated rings. The van der Waals surface area contributed by atoms with Crippen molar-refractivity contribution < 1.29 is 19.0 Å². The summed E-state index contributed by atoms with van der Waals surface area (Å²) in [6.07, 6.45) is 3.12. The summed E-state index contributed by atoms with van der Waals surface area (Å²) >= 11 is 15.0. The number of anilines is 1. The van der Waals surface area contributed by atoms with Crippen molar-refractivity contribution in [2.75, 3.05) is 17.8 Å². The second-order valence-corrected chi connectivity index (χ2v) is 9.19. The molecule has 0 atom stereocenters. The van der Waals surface area contributed by atoms with Crippen LogP contribution in [0, 0.1) is 5.82 Å². The predicted octanol–water partition coefficient (Wildman–Crippen LogP) is 6.50. The van der Waals surface area contributed by atoms with Gasteiger partial charge in [-0.15, -0.1) is 11.3 Å². The molecule has 0 aliphatic heterocycles. The first-order chi connectivity index (χ1) is 15.4. The Morgan fingerprint density at radius 1 is 1.22 bits per heavy atom. The number of rotatable bonds is 12. The van der Waals surface area contributed by atoms with Crippen LogP contribution in [-0.4, -0.2) is 29.1 Å². The summed E-state index contributed by atoms with van der Waals surface area (Å²) in [6, 6.07) is 7.95. The molecule has 3 aromatic rings. The summed E-state index contributed by atoms with van der Waals surface area (Å²) in [6.45, 7) is 1.05. The number of hydrogen-bond acceptors (Lipinski definition) is 7. The van der Waals surface area contributed by atoms with Gasteiger partial charge in [0.05, 0.1) is 16.3 Å². The number of aliphatic carboxylic acids is 1. The van der Waals surface area contributed by atoms with Crippen molar-refractivity contribution in [2.45, 2.75) is 24.2 Å². The molecule has 32 heavy (non-hydrogen) atoms. The average Bonchev–Trinajstić information content (AvgIpc) is 3.27. The van der Waals surface area contributed by atoms with Crippen LogP contribution >= 0.6 is 46.5 Å². The van der Waals surface area contributed by atoms with Gasteiger partial charge in [0.25, 0.3) is 0 Å². The Labute approximate surface area is 203 Å². The molecule has 6 nitrogen and oxygen atoms in total. The highest BCUT2D eigenvalue weighted by Gasteiger charge is 2.14. The molecular weight excluding hydrogens is 496 g/mol. The second-order valence-electron chi connectivity index (χ2n) is 6.61. The van der Waals surface area contributed by atoms with Gasteiger partial charge in [-0.25, -0.2) is 9.37 Å².